The molecular weight excluding hydrogens is 483 g/mol. The molecule has 28 heavy (non-hydrogen) atoms. The smallest absolute Gasteiger partial charge is 0.191 e. The Hall–Kier alpha value is -1.39. The molecule has 0 amide bonds. The van der Waals surface area contributed by atoms with Gasteiger partial charge in [-0.25, -0.2) is 4.98 Å². The van der Waals surface area contributed by atoms with Crippen LogP contribution >= 0.6 is 35.3 Å². The molecule has 3 rings (SSSR count). The topological polar surface area (TPSA) is 55.8 Å². The predicted octanol–water partition coefficient (Wildman–Crippen LogP) is 2.98. The number of anilines is 1. The first kappa shape index (κ1) is 22.9. The van der Waals surface area contributed by atoms with Crippen molar-refractivity contribution >= 4 is 47.1 Å². The molecule has 1 saturated heterocycles. The molecular formula is C20H31IN6S. The largest absolute Gasteiger partial charge is 0.356 e. The van der Waals surface area contributed by atoms with E-state index >= 15 is 0 Å². The van der Waals surface area contributed by atoms with Gasteiger partial charge in [-0.15, -0.1) is 35.3 Å². The normalized spacial score (nSPS) is 16.4. The van der Waals surface area contributed by atoms with E-state index in [1.165, 1.54) is 10.4 Å². The Morgan fingerprint density at radius 3 is 2.68 bits per heavy atom. The number of nitrogens with zero attached hydrogens (tertiary/aromatic N) is 4. The molecule has 1 fully saturated rings. The number of rotatable bonds is 6. The minimum atomic E-state index is 0. The number of aromatic nitrogens is 1. The summed E-state index contributed by atoms with van der Waals surface area (Å²) in [5.74, 6) is 2.37. The van der Waals surface area contributed by atoms with E-state index < -0.39 is 0 Å². The van der Waals surface area contributed by atoms with E-state index in [2.05, 4.69) is 68.0 Å². The summed E-state index contributed by atoms with van der Waals surface area (Å²) >= 11 is 1.80. The summed E-state index contributed by atoms with van der Waals surface area (Å²) in [4.78, 5) is 15.1. The number of guanidine groups is 1. The Balaban J connectivity index is 0.00000280. The number of piperazine rings is 1. The van der Waals surface area contributed by atoms with Crippen LogP contribution in [0.25, 0.3) is 0 Å². The minimum absolute atomic E-state index is 0. The SMILES string of the molecule is CN=C(NCc1cccnc1N1CCN(C)CC1)NCC(C)c1cccs1.I. The lowest BCUT2D eigenvalue weighted by Gasteiger charge is -2.34. The second-order valence-corrected chi connectivity index (χ2v) is 7.98. The molecule has 0 radical (unpaired) electrons. The molecule has 0 bridgehead atoms. The van der Waals surface area contributed by atoms with Crippen LogP contribution < -0.4 is 15.5 Å². The predicted molar refractivity (Wildman–Crippen MR) is 130 cm³/mol. The van der Waals surface area contributed by atoms with Crippen molar-refractivity contribution in [2.45, 2.75) is 19.4 Å². The third-order valence-corrected chi connectivity index (χ3v) is 6.05. The molecule has 3 heterocycles. The number of pyridine rings is 1. The average molecular weight is 514 g/mol. The summed E-state index contributed by atoms with van der Waals surface area (Å²) in [6, 6.07) is 8.44. The van der Waals surface area contributed by atoms with Crippen molar-refractivity contribution in [3.63, 3.8) is 0 Å². The molecule has 2 aromatic heterocycles. The summed E-state index contributed by atoms with van der Waals surface area (Å²) in [6.07, 6.45) is 1.88. The molecule has 1 unspecified atom stereocenters. The van der Waals surface area contributed by atoms with Crippen molar-refractivity contribution in [2.75, 3.05) is 51.7 Å². The van der Waals surface area contributed by atoms with Crippen LogP contribution in [0.15, 0.2) is 40.8 Å². The first-order valence-corrected chi connectivity index (χ1v) is 10.4. The van der Waals surface area contributed by atoms with E-state index in [1.807, 2.05) is 19.3 Å². The summed E-state index contributed by atoms with van der Waals surface area (Å²) in [5.41, 5.74) is 1.20. The lowest BCUT2D eigenvalue weighted by molar-refractivity contribution is 0.312. The van der Waals surface area contributed by atoms with Gasteiger partial charge in [0.1, 0.15) is 5.82 Å². The first-order chi connectivity index (χ1) is 13.2. The highest BCUT2D eigenvalue weighted by Crippen LogP contribution is 2.20. The van der Waals surface area contributed by atoms with E-state index in [9.17, 15) is 0 Å². The number of hydrogen-bond donors (Lipinski definition) is 2. The fourth-order valence-corrected chi connectivity index (χ4v) is 3.98. The number of aliphatic imine (C=N–C) groups is 1. The van der Waals surface area contributed by atoms with Gasteiger partial charge in [0.05, 0.1) is 0 Å². The molecule has 6 nitrogen and oxygen atoms in total. The van der Waals surface area contributed by atoms with Gasteiger partial charge in [0.25, 0.3) is 0 Å². The van der Waals surface area contributed by atoms with Gasteiger partial charge in [-0.2, -0.15) is 0 Å². The van der Waals surface area contributed by atoms with E-state index in [4.69, 9.17) is 0 Å². The Labute approximate surface area is 189 Å². The fourth-order valence-electron chi connectivity index (χ4n) is 3.19. The molecule has 1 atom stereocenters. The Morgan fingerprint density at radius 1 is 1.21 bits per heavy atom. The number of likely N-dealkylation sites (N-methyl/N-ethyl adjacent to an activating group) is 1. The van der Waals surface area contributed by atoms with Gasteiger partial charge >= 0.3 is 0 Å². The van der Waals surface area contributed by atoms with Crippen molar-refractivity contribution in [3.8, 4) is 0 Å². The van der Waals surface area contributed by atoms with Crippen molar-refractivity contribution in [1.29, 1.82) is 0 Å². The van der Waals surface area contributed by atoms with E-state index in [1.54, 1.807) is 11.3 Å². The monoisotopic (exact) mass is 514 g/mol. The molecule has 154 valence electrons. The first-order valence-electron chi connectivity index (χ1n) is 9.52. The van der Waals surface area contributed by atoms with Crippen LogP contribution in [0.3, 0.4) is 0 Å². The maximum Gasteiger partial charge on any atom is 0.191 e. The molecule has 0 spiro atoms. The highest BCUT2D eigenvalue weighted by molar-refractivity contribution is 14.0. The van der Waals surface area contributed by atoms with Gasteiger partial charge in [-0.1, -0.05) is 19.1 Å². The summed E-state index contributed by atoms with van der Waals surface area (Å²) in [5, 5.41) is 9.00. The molecule has 2 N–H and O–H groups in total. The maximum atomic E-state index is 4.65. The van der Waals surface area contributed by atoms with Crippen LogP contribution in [0.4, 0.5) is 5.82 Å². The number of thiophene rings is 1. The highest BCUT2D eigenvalue weighted by atomic mass is 127. The van der Waals surface area contributed by atoms with Crippen LogP contribution in [0.1, 0.15) is 23.3 Å². The molecule has 0 aromatic carbocycles. The van der Waals surface area contributed by atoms with Crippen molar-refractivity contribution in [2.24, 2.45) is 4.99 Å². The number of hydrogen-bond acceptors (Lipinski definition) is 5. The van der Waals surface area contributed by atoms with Gasteiger partial charge < -0.3 is 20.4 Å². The zero-order valence-electron chi connectivity index (χ0n) is 16.9. The minimum Gasteiger partial charge on any atom is -0.356 e. The van der Waals surface area contributed by atoms with Crippen molar-refractivity contribution < 1.29 is 0 Å². The molecule has 2 aromatic rings. The fraction of sp³-hybridized carbons (Fsp3) is 0.500. The quantitative estimate of drug-likeness (QED) is 0.353. The second-order valence-electron chi connectivity index (χ2n) is 7.00. The molecule has 0 aliphatic carbocycles. The summed E-state index contributed by atoms with van der Waals surface area (Å²) in [6.45, 7) is 8.00. The van der Waals surface area contributed by atoms with Crippen LogP contribution in [0.5, 0.6) is 0 Å². The third kappa shape index (κ3) is 6.31. The Bertz CT molecular complexity index is 728. The van der Waals surface area contributed by atoms with Gasteiger partial charge in [0, 0.05) is 68.9 Å². The standard InChI is InChI=1S/C20H30N6S.HI/c1-16(18-7-5-13-27-18)14-23-20(21-2)24-15-17-6-4-8-22-19(17)26-11-9-25(3)10-12-26;/h4-8,13,16H,9-12,14-15H2,1-3H3,(H2,21,23,24);1H. The van der Waals surface area contributed by atoms with Crippen LogP contribution in [0, 0.1) is 0 Å². The summed E-state index contributed by atoms with van der Waals surface area (Å²) in [7, 11) is 3.99. The Kier molecular flexibility index (Phi) is 9.46. The van der Waals surface area contributed by atoms with Gasteiger partial charge in [0.2, 0.25) is 0 Å². The average Bonchev–Trinajstić information content (AvgIpc) is 3.24. The van der Waals surface area contributed by atoms with Gasteiger partial charge in [-0.3, -0.25) is 4.99 Å². The van der Waals surface area contributed by atoms with E-state index in [0.717, 1.165) is 44.5 Å². The van der Waals surface area contributed by atoms with Crippen molar-refractivity contribution in [3.05, 3.63) is 46.3 Å². The van der Waals surface area contributed by atoms with Crippen LogP contribution in [-0.4, -0.2) is 62.7 Å². The van der Waals surface area contributed by atoms with Crippen LogP contribution in [-0.2, 0) is 6.54 Å². The number of nitrogens with one attached hydrogen (secondary N) is 2. The van der Waals surface area contributed by atoms with E-state index in [-0.39, 0.29) is 24.0 Å². The van der Waals surface area contributed by atoms with Crippen LogP contribution in [0.2, 0.25) is 0 Å². The highest BCUT2D eigenvalue weighted by Gasteiger charge is 2.18. The summed E-state index contributed by atoms with van der Waals surface area (Å²) < 4.78 is 0. The molecule has 8 heteroatoms. The maximum absolute atomic E-state index is 4.65. The molecule has 0 saturated carbocycles. The van der Waals surface area contributed by atoms with Gasteiger partial charge in [-0.05, 0) is 24.6 Å². The van der Waals surface area contributed by atoms with Gasteiger partial charge in [0.15, 0.2) is 5.96 Å². The second kappa shape index (κ2) is 11.6. The molecule has 1 aliphatic rings. The Morgan fingerprint density at radius 2 is 2.00 bits per heavy atom. The zero-order valence-corrected chi connectivity index (χ0v) is 20.0. The van der Waals surface area contributed by atoms with Crippen molar-refractivity contribution in [1.82, 2.24) is 20.5 Å². The lowest BCUT2D eigenvalue weighted by Crippen LogP contribution is -2.45. The lowest BCUT2D eigenvalue weighted by atomic mass is 10.1. The third-order valence-electron chi connectivity index (χ3n) is 4.94. The molecule has 1 aliphatic heterocycles. The van der Waals surface area contributed by atoms with E-state index in [0.29, 0.717) is 12.5 Å². The number of halogens is 1. The zero-order chi connectivity index (χ0) is 19.1.